The Bertz CT molecular complexity index is 1090. The minimum Gasteiger partial charge on any atom is -0.352 e. The molecule has 2 amide bonds. The van der Waals surface area contributed by atoms with E-state index < -0.39 is 0 Å². The predicted octanol–water partition coefficient (Wildman–Crippen LogP) is 5.14. The summed E-state index contributed by atoms with van der Waals surface area (Å²) >= 11 is 0. The fourth-order valence-corrected chi connectivity index (χ4v) is 4.28. The minimum absolute atomic E-state index is 0.196. The van der Waals surface area contributed by atoms with E-state index in [4.69, 9.17) is 0 Å². The zero-order valence-electron chi connectivity index (χ0n) is 19.8. The van der Waals surface area contributed by atoms with E-state index >= 15 is 0 Å². The molecule has 5 heteroatoms. The van der Waals surface area contributed by atoms with Crippen LogP contribution in [0.2, 0.25) is 0 Å². The predicted molar refractivity (Wildman–Crippen MR) is 137 cm³/mol. The average molecular weight is 456 g/mol. The second kappa shape index (κ2) is 11.6. The second-order valence-corrected chi connectivity index (χ2v) is 9.15. The Labute approximate surface area is 202 Å². The number of anilines is 1. The maximum Gasteiger partial charge on any atom is 0.255 e. The molecule has 3 aromatic carbocycles. The summed E-state index contributed by atoms with van der Waals surface area (Å²) in [5, 5.41) is 5.87. The number of amides is 2. The Morgan fingerprint density at radius 2 is 1.50 bits per heavy atom. The van der Waals surface area contributed by atoms with Crippen LogP contribution in [0.1, 0.15) is 51.6 Å². The van der Waals surface area contributed by atoms with Crippen LogP contribution in [0, 0.1) is 5.92 Å². The van der Waals surface area contributed by atoms with E-state index in [0.717, 1.165) is 32.0 Å². The molecular formula is C29H33N3O2. The highest BCUT2D eigenvalue weighted by Gasteiger charge is 2.17. The first-order chi connectivity index (χ1) is 16.6. The number of hydrogen-bond donors (Lipinski definition) is 2. The first-order valence-electron chi connectivity index (χ1n) is 12.1. The summed E-state index contributed by atoms with van der Waals surface area (Å²) in [7, 11) is 0. The molecule has 0 spiro atoms. The van der Waals surface area contributed by atoms with Crippen LogP contribution < -0.4 is 10.6 Å². The Kier molecular flexibility index (Phi) is 8.10. The summed E-state index contributed by atoms with van der Waals surface area (Å²) in [4.78, 5) is 28.1. The molecule has 0 bridgehead atoms. The largest absolute Gasteiger partial charge is 0.352 e. The van der Waals surface area contributed by atoms with Crippen LogP contribution in [0.5, 0.6) is 0 Å². The van der Waals surface area contributed by atoms with Gasteiger partial charge in [-0.2, -0.15) is 0 Å². The van der Waals surface area contributed by atoms with Gasteiger partial charge < -0.3 is 10.6 Å². The van der Waals surface area contributed by atoms with Gasteiger partial charge in [0.25, 0.3) is 11.8 Å². The average Bonchev–Trinajstić information content (AvgIpc) is 2.87. The van der Waals surface area contributed by atoms with Gasteiger partial charge >= 0.3 is 0 Å². The standard InChI is InChI=1S/C29H33N3O2/c1-22-16-19-32(20-17-22)21-24-11-13-25(14-12-24)28(33)31-27-10-6-5-9-26(27)29(34)30-18-15-23-7-3-2-4-8-23/h2-14,22H,15-21H2,1H3,(H,30,34)(H,31,33). The van der Waals surface area contributed by atoms with E-state index in [2.05, 4.69) is 22.5 Å². The molecule has 0 saturated carbocycles. The van der Waals surface area contributed by atoms with Crippen molar-refractivity contribution in [3.63, 3.8) is 0 Å². The number of hydrogen-bond acceptors (Lipinski definition) is 3. The molecule has 4 rings (SSSR count). The van der Waals surface area contributed by atoms with Crippen LogP contribution in [0.15, 0.2) is 78.9 Å². The number of para-hydroxylation sites is 1. The third-order valence-corrected chi connectivity index (χ3v) is 6.46. The maximum absolute atomic E-state index is 12.9. The van der Waals surface area contributed by atoms with E-state index in [1.807, 2.05) is 60.7 Å². The molecule has 0 aliphatic carbocycles. The first-order valence-corrected chi connectivity index (χ1v) is 12.1. The van der Waals surface area contributed by atoms with Gasteiger partial charge in [-0.3, -0.25) is 14.5 Å². The quantitative estimate of drug-likeness (QED) is 0.494. The zero-order valence-corrected chi connectivity index (χ0v) is 19.8. The lowest BCUT2D eigenvalue weighted by atomic mass is 9.99. The molecule has 3 aromatic rings. The summed E-state index contributed by atoms with van der Waals surface area (Å²) in [6.07, 6.45) is 3.25. The van der Waals surface area contributed by atoms with Crippen molar-refractivity contribution in [2.45, 2.75) is 32.7 Å². The fraction of sp³-hybridized carbons (Fsp3) is 0.310. The summed E-state index contributed by atoms with van der Waals surface area (Å²) < 4.78 is 0. The third-order valence-electron chi connectivity index (χ3n) is 6.46. The van der Waals surface area contributed by atoms with Gasteiger partial charge in [0.15, 0.2) is 0 Å². The number of rotatable bonds is 8. The van der Waals surface area contributed by atoms with Gasteiger partial charge in [-0.1, -0.05) is 61.5 Å². The molecule has 0 atom stereocenters. The van der Waals surface area contributed by atoms with E-state index in [9.17, 15) is 9.59 Å². The Hall–Kier alpha value is -3.44. The van der Waals surface area contributed by atoms with Gasteiger partial charge in [0.05, 0.1) is 11.3 Å². The SMILES string of the molecule is CC1CCN(Cc2ccc(C(=O)Nc3ccccc3C(=O)NCCc3ccccc3)cc2)CC1. The number of likely N-dealkylation sites (tertiary alicyclic amines) is 1. The van der Waals surface area contributed by atoms with Crippen molar-refractivity contribution in [1.82, 2.24) is 10.2 Å². The molecule has 5 nitrogen and oxygen atoms in total. The number of carbonyl (C=O) groups excluding carboxylic acids is 2. The van der Waals surface area contributed by atoms with Gasteiger partial charge in [-0.05, 0) is 73.7 Å². The lowest BCUT2D eigenvalue weighted by Crippen LogP contribution is -2.32. The highest BCUT2D eigenvalue weighted by atomic mass is 16.2. The molecule has 1 aliphatic rings. The van der Waals surface area contributed by atoms with E-state index in [1.54, 1.807) is 18.2 Å². The van der Waals surface area contributed by atoms with Crippen molar-refractivity contribution in [2.24, 2.45) is 5.92 Å². The molecule has 0 radical (unpaired) electrons. The molecule has 1 aliphatic heterocycles. The maximum atomic E-state index is 12.9. The van der Waals surface area contributed by atoms with Crippen LogP contribution in [0.25, 0.3) is 0 Å². The van der Waals surface area contributed by atoms with Gasteiger partial charge in [0.2, 0.25) is 0 Å². The molecule has 0 unspecified atom stereocenters. The third kappa shape index (κ3) is 6.55. The molecule has 34 heavy (non-hydrogen) atoms. The van der Waals surface area contributed by atoms with Gasteiger partial charge in [0.1, 0.15) is 0 Å². The molecule has 2 N–H and O–H groups in total. The minimum atomic E-state index is -0.220. The number of benzene rings is 3. The molecule has 0 aromatic heterocycles. The molecule has 1 fully saturated rings. The lowest BCUT2D eigenvalue weighted by molar-refractivity contribution is 0.0955. The number of carbonyl (C=O) groups is 2. The van der Waals surface area contributed by atoms with Crippen LogP contribution >= 0.6 is 0 Å². The van der Waals surface area contributed by atoms with Crippen molar-refractivity contribution in [3.8, 4) is 0 Å². The van der Waals surface area contributed by atoms with Crippen LogP contribution in [0.3, 0.4) is 0 Å². The van der Waals surface area contributed by atoms with Gasteiger partial charge in [-0.15, -0.1) is 0 Å². The number of piperidine rings is 1. The lowest BCUT2D eigenvalue weighted by Gasteiger charge is -2.30. The van der Waals surface area contributed by atoms with Crippen LogP contribution in [-0.2, 0) is 13.0 Å². The monoisotopic (exact) mass is 455 g/mol. The Morgan fingerprint density at radius 3 is 2.24 bits per heavy atom. The van der Waals surface area contributed by atoms with Crippen molar-refractivity contribution in [3.05, 3.63) is 101 Å². The van der Waals surface area contributed by atoms with Crippen molar-refractivity contribution < 1.29 is 9.59 Å². The molecule has 1 heterocycles. The van der Waals surface area contributed by atoms with Crippen molar-refractivity contribution in [1.29, 1.82) is 0 Å². The number of nitrogens with one attached hydrogen (secondary N) is 2. The molecule has 176 valence electrons. The van der Waals surface area contributed by atoms with Gasteiger partial charge in [-0.25, -0.2) is 0 Å². The first kappa shape index (κ1) is 23.7. The molecule has 1 saturated heterocycles. The fourth-order valence-electron chi connectivity index (χ4n) is 4.28. The zero-order chi connectivity index (χ0) is 23.8. The van der Waals surface area contributed by atoms with E-state index in [0.29, 0.717) is 23.4 Å². The highest BCUT2D eigenvalue weighted by molar-refractivity contribution is 6.09. The Balaban J connectivity index is 1.33. The van der Waals surface area contributed by atoms with Gasteiger partial charge in [0, 0.05) is 18.7 Å². The normalized spacial score (nSPS) is 14.5. The summed E-state index contributed by atoms with van der Waals surface area (Å²) in [5.41, 5.74) is 3.93. The Morgan fingerprint density at radius 1 is 0.824 bits per heavy atom. The van der Waals surface area contributed by atoms with Crippen LogP contribution in [-0.4, -0.2) is 36.3 Å². The summed E-state index contributed by atoms with van der Waals surface area (Å²) in [6, 6.07) is 24.9. The van der Waals surface area contributed by atoms with Crippen molar-refractivity contribution in [2.75, 3.05) is 25.0 Å². The highest BCUT2D eigenvalue weighted by Crippen LogP contribution is 2.19. The summed E-state index contributed by atoms with van der Waals surface area (Å²) in [5.74, 6) is 0.400. The second-order valence-electron chi connectivity index (χ2n) is 9.15. The van der Waals surface area contributed by atoms with E-state index in [1.165, 1.54) is 24.0 Å². The van der Waals surface area contributed by atoms with Crippen molar-refractivity contribution >= 4 is 17.5 Å². The smallest absolute Gasteiger partial charge is 0.255 e. The van der Waals surface area contributed by atoms with Crippen LogP contribution in [0.4, 0.5) is 5.69 Å². The summed E-state index contributed by atoms with van der Waals surface area (Å²) in [6.45, 7) is 6.03. The molecular weight excluding hydrogens is 422 g/mol. The number of nitrogens with zero attached hydrogens (tertiary/aromatic N) is 1. The topological polar surface area (TPSA) is 61.4 Å². The van der Waals surface area contributed by atoms with E-state index in [-0.39, 0.29) is 11.8 Å².